The molecule has 0 spiro atoms. The van der Waals surface area contributed by atoms with Crippen LogP contribution in [0.2, 0.25) is 0 Å². The number of hydrogen-bond acceptors (Lipinski definition) is 5. The minimum atomic E-state index is 0.0669. The number of fused-ring (bicyclic) bond motifs is 1. The van der Waals surface area contributed by atoms with Crippen molar-refractivity contribution in [2.75, 3.05) is 20.2 Å². The molecule has 1 aliphatic rings. The largest absolute Gasteiger partial charge is 0.481 e. The molecule has 3 aromatic rings. The number of pyridine rings is 1. The minimum absolute atomic E-state index is 0.0669. The Bertz CT molecular complexity index is 896. The minimum Gasteiger partial charge on any atom is -0.481 e. The first-order valence-electron chi connectivity index (χ1n) is 8.45. The highest BCUT2D eigenvalue weighted by Crippen LogP contribution is 2.26. The molecule has 0 aliphatic carbocycles. The van der Waals surface area contributed by atoms with E-state index in [0.717, 1.165) is 31.5 Å². The van der Waals surface area contributed by atoms with E-state index in [1.807, 2.05) is 11.0 Å². The lowest BCUT2D eigenvalue weighted by Gasteiger charge is -2.26. The quantitative estimate of drug-likeness (QED) is 0.731. The molecule has 1 aliphatic heterocycles. The first-order chi connectivity index (χ1) is 12.2. The maximum absolute atomic E-state index is 12.6. The molecule has 1 fully saturated rings. The monoisotopic (exact) mass is 337 g/mol. The van der Waals surface area contributed by atoms with E-state index in [4.69, 9.17) is 9.15 Å². The Hall–Kier alpha value is -2.89. The van der Waals surface area contributed by atoms with Gasteiger partial charge in [0.1, 0.15) is 5.52 Å². The second-order valence-electron chi connectivity index (χ2n) is 6.14. The average molecular weight is 337 g/mol. The normalized spacial score (nSPS) is 14.7. The van der Waals surface area contributed by atoms with Crippen molar-refractivity contribution in [3.8, 4) is 17.3 Å². The van der Waals surface area contributed by atoms with Crippen molar-refractivity contribution < 1.29 is 13.9 Å². The third-order valence-electron chi connectivity index (χ3n) is 4.47. The standard InChI is InChI=1S/C19H19N3O3/c1-24-17-8-6-14(12-20-17)18-21-15-11-13(5-7-16(15)25-18)19(23)22-9-3-2-4-10-22/h5-8,11-12H,2-4,9-10H2,1H3. The van der Waals surface area contributed by atoms with Gasteiger partial charge in [0.2, 0.25) is 11.8 Å². The van der Waals surface area contributed by atoms with E-state index in [-0.39, 0.29) is 5.91 Å². The van der Waals surface area contributed by atoms with Gasteiger partial charge in [0.05, 0.1) is 12.7 Å². The molecule has 6 nitrogen and oxygen atoms in total. The van der Waals surface area contributed by atoms with Crippen LogP contribution in [0.15, 0.2) is 40.9 Å². The number of oxazole rings is 1. The van der Waals surface area contributed by atoms with Crippen molar-refractivity contribution in [2.45, 2.75) is 19.3 Å². The zero-order valence-electron chi connectivity index (χ0n) is 14.1. The molecule has 3 heterocycles. The van der Waals surface area contributed by atoms with Crippen LogP contribution < -0.4 is 4.74 Å². The van der Waals surface area contributed by atoms with Gasteiger partial charge in [-0.15, -0.1) is 0 Å². The number of carbonyl (C=O) groups excluding carboxylic acids is 1. The number of nitrogens with zero attached hydrogens (tertiary/aromatic N) is 3. The number of benzene rings is 1. The Kier molecular flexibility index (Phi) is 4.09. The van der Waals surface area contributed by atoms with E-state index in [1.54, 1.807) is 37.6 Å². The van der Waals surface area contributed by atoms with Gasteiger partial charge in [-0.1, -0.05) is 0 Å². The van der Waals surface area contributed by atoms with Crippen molar-refractivity contribution in [3.63, 3.8) is 0 Å². The molecule has 0 radical (unpaired) electrons. The highest BCUT2D eigenvalue weighted by molar-refractivity contribution is 5.97. The van der Waals surface area contributed by atoms with Gasteiger partial charge in [0, 0.05) is 30.9 Å². The number of piperidine rings is 1. The zero-order chi connectivity index (χ0) is 17.2. The lowest BCUT2D eigenvalue weighted by Crippen LogP contribution is -2.35. The van der Waals surface area contributed by atoms with Crippen LogP contribution >= 0.6 is 0 Å². The summed E-state index contributed by atoms with van der Waals surface area (Å²) < 4.78 is 10.9. The predicted molar refractivity (Wildman–Crippen MR) is 93.5 cm³/mol. The number of likely N-dealkylation sites (tertiary alicyclic amines) is 1. The molecule has 1 saturated heterocycles. The van der Waals surface area contributed by atoms with E-state index < -0.39 is 0 Å². The molecular weight excluding hydrogens is 318 g/mol. The fourth-order valence-electron chi connectivity index (χ4n) is 3.09. The van der Waals surface area contributed by atoms with E-state index in [2.05, 4.69) is 9.97 Å². The molecule has 0 atom stereocenters. The van der Waals surface area contributed by atoms with Crippen LogP contribution in [0, 0.1) is 0 Å². The molecule has 2 aromatic heterocycles. The third-order valence-corrected chi connectivity index (χ3v) is 4.47. The number of hydrogen-bond donors (Lipinski definition) is 0. The number of aromatic nitrogens is 2. The summed E-state index contributed by atoms with van der Waals surface area (Å²) in [6.45, 7) is 1.66. The van der Waals surface area contributed by atoms with E-state index in [0.29, 0.717) is 28.4 Å². The lowest BCUT2D eigenvalue weighted by molar-refractivity contribution is 0.0724. The lowest BCUT2D eigenvalue weighted by atomic mass is 10.1. The molecule has 0 N–H and O–H groups in total. The molecule has 0 unspecified atom stereocenters. The predicted octanol–water partition coefficient (Wildman–Crippen LogP) is 3.52. The number of carbonyl (C=O) groups is 1. The Balaban J connectivity index is 1.63. The molecular formula is C19H19N3O3. The summed E-state index contributed by atoms with van der Waals surface area (Å²) in [4.78, 5) is 23.2. The van der Waals surface area contributed by atoms with Crippen molar-refractivity contribution in [1.29, 1.82) is 0 Å². The van der Waals surface area contributed by atoms with Crippen LogP contribution in [0.5, 0.6) is 5.88 Å². The molecule has 1 aromatic carbocycles. The number of amides is 1. The first kappa shape index (κ1) is 15.6. The fraction of sp³-hybridized carbons (Fsp3) is 0.316. The SMILES string of the molecule is COc1ccc(-c2nc3cc(C(=O)N4CCCCC4)ccc3o2)cn1. The van der Waals surface area contributed by atoms with Crippen LogP contribution in [0.4, 0.5) is 0 Å². The molecule has 6 heteroatoms. The maximum Gasteiger partial charge on any atom is 0.253 e. The molecule has 0 saturated carbocycles. The van der Waals surface area contributed by atoms with Crippen LogP contribution in [0.25, 0.3) is 22.6 Å². The summed E-state index contributed by atoms with van der Waals surface area (Å²) in [6, 6.07) is 9.02. The Morgan fingerprint density at radius 2 is 2.00 bits per heavy atom. The number of ether oxygens (including phenoxy) is 1. The Labute approximate surface area is 145 Å². The van der Waals surface area contributed by atoms with E-state index in [1.165, 1.54) is 6.42 Å². The van der Waals surface area contributed by atoms with Crippen LogP contribution in [0.1, 0.15) is 29.6 Å². The van der Waals surface area contributed by atoms with Gasteiger partial charge in [0.25, 0.3) is 5.91 Å². The summed E-state index contributed by atoms with van der Waals surface area (Å²) in [5.74, 6) is 1.08. The topological polar surface area (TPSA) is 68.5 Å². The average Bonchev–Trinajstić information content (AvgIpc) is 3.11. The van der Waals surface area contributed by atoms with Gasteiger partial charge in [0.15, 0.2) is 5.58 Å². The molecule has 0 bridgehead atoms. The Morgan fingerprint density at radius 1 is 1.16 bits per heavy atom. The van der Waals surface area contributed by atoms with Gasteiger partial charge in [-0.25, -0.2) is 9.97 Å². The molecule has 128 valence electrons. The van der Waals surface area contributed by atoms with E-state index in [9.17, 15) is 4.79 Å². The van der Waals surface area contributed by atoms with E-state index >= 15 is 0 Å². The second kappa shape index (κ2) is 6.55. The highest BCUT2D eigenvalue weighted by Gasteiger charge is 2.19. The van der Waals surface area contributed by atoms with Gasteiger partial charge >= 0.3 is 0 Å². The second-order valence-corrected chi connectivity index (χ2v) is 6.14. The van der Waals surface area contributed by atoms with Gasteiger partial charge in [-0.2, -0.15) is 0 Å². The summed E-state index contributed by atoms with van der Waals surface area (Å²) in [7, 11) is 1.57. The maximum atomic E-state index is 12.6. The zero-order valence-corrected chi connectivity index (χ0v) is 14.1. The van der Waals surface area contributed by atoms with Crippen molar-refractivity contribution in [3.05, 3.63) is 42.1 Å². The van der Waals surface area contributed by atoms with Crippen molar-refractivity contribution in [2.24, 2.45) is 0 Å². The summed E-state index contributed by atoms with van der Waals surface area (Å²) in [6.07, 6.45) is 5.01. The Morgan fingerprint density at radius 3 is 2.72 bits per heavy atom. The van der Waals surface area contributed by atoms with Gasteiger partial charge in [-0.3, -0.25) is 4.79 Å². The third kappa shape index (κ3) is 3.07. The van der Waals surface area contributed by atoms with Gasteiger partial charge in [-0.05, 0) is 43.5 Å². The first-order valence-corrected chi connectivity index (χ1v) is 8.45. The smallest absolute Gasteiger partial charge is 0.253 e. The summed E-state index contributed by atoms with van der Waals surface area (Å²) in [5, 5.41) is 0. The van der Waals surface area contributed by atoms with Crippen molar-refractivity contribution >= 4 is 17.0 Å². The highest BCUT2D eigenvalue weighted by atomic mass is 16.5. The number of methoxy groups -OCH3 is 1. The molecule has 1 amide bonds. The van der Waals surface area contributed by atoms with Crippen molar-refractivity contribution in [1.82, 2.24) is 14.9 Å². The molecule has 25 heavy (non-hydrogen) atoms. The van der Waals surface area contributed by atoms with Crippen LogP contribution in [-0.4, -0.2) is 41.0 Å². The number of rotatable bonds is 3. The summed E-state index contributed by atoms with van der Waals surface area (Å²) >= 11 is 0. The molecule has 4 rings (SSSR count). The fourth-order valence-corrected chi connectivity index (χ4v) is 3.09. The summed E-state index contributed by atoms with van der Waals surface area (Å²) in [5.41, 5.74) is 2.75. The van der Waals surface area contributed by atoms with Crippen LogP contribution in [0.3, 0.4) is 0 Å². The van der Waals surface area contributed by atoms with Crippen LogP contribution in [-0.2, 0) is 0 Å². The van der Waals surface area contributed by atoms with Gasteiger partial charge < -0.3 is 14.1 Å².